The summed E-state index contributed by atoms with van der Waals surface area (Å²) < 4.78 is 0. The number of nitrogens with one attached hydrogen (secondary N) is 2. The zero-order valence-electron chi connectivity index (χ0n) is 20.2. The van der Waals surface area contributed by atoms with Crippen LogP contribution in [0.15, 0.2) is 4.99 Å². The molecular formula is C24H49N5O2. The maximum atomic E-state index is 12.3. The Bertz CT molecular complexity index is 479. The molecule has 0 aliphatic heterocycles. The highest BCUT2D eigenvalue weighted by molar-refractivity contribution is 5.86. The average Bonchev–Trinajstić information content (AvgIpc) is 2.72. The second-order valence-electron chi connectivity index (χ2n) is 8.59. The fraction of sp³-hybridized carbons (Fsp3) is 0.875. The zero-order valence-corrected chi connectivity index (χ0v) is 20.2. The molecule has 31 heavy (non-hydrogen) atoms. The molecule has 182 valence electrons. The molecule has 0 aromatic rings. The largest absolute Gasteiger partial charge is 0.370 e. The quantitative estimate of drug-likeness (QED) is 0.122. The highest BCUT2D eigenvalue weighted by Gasteiger charge is 2.18. The lowest BCUT2D eigenvalue weighted by molar-refractivity contribution is -0.128. The van der Waals surface area contributed by atoms with Gasteiger partial charge >= 0.3 is 0 Å². The Morgan fingerprint density at radius 3 is 1.71 bits per heavy atom. The molecule has 0 aromatic heterocycles. The summed E-state index contributed by atoms with van der Waals surface area (Å²) in [6, 6.07) is -0.529. The van der Waals surface area contributed by atoms with Crippen LogP contribution >= 0.6 is 0 Å². The van der Waals surface area contributed by atoms with Gasteiger partial charge in [-0.3, -0.25) is 14.6 Å². The first-order valence-corrected chi connectivity index (χ1v) is 12.6. The van der Waals surface area contributed by atoms with E-state index in [1.165, 1.54) is 84.0 Å². The van der Waals surface area contributed by atoms with Crippen LogP contribution in [-0.4, -0.2) is 36.9 Å². The van der Waals surface area contributed by atoms with Crippen molar-refractivity contribution in [2.45, 2.75) is 123 Å². The molecule has 0 saturated heterocycles. The predicted molar refractivity (Wildman–Crippen MR) is 131 cm³/mol. The molecule has 0 bridgehead atoms. The summed E-state index contributed by atoms with van der Waals surface area (Å²) in [5.74, 6) is -0.300. The van der Waals surface area contributed by atoms with E-state index in [2.05, 4.69) is 22.5 Å². The summed E-state index contributed by atoms with van der Waals surface area (Å²) in [5, 5.41) is 5.65. The predicted octanol–water partition coefficient (Wildman–Crippen LogP) is 4.14. The molecule has 0 aromatic carbocycles. The number of aliphatic imine (C=N–C) groups is 1. The first-order chi connectivity index (χ1) is 15.0. The van der Waals surface area contributed by atoms with Crippen molar-refractivity contribution in [1.29, 1.82) is 0 Å². The standard InChI is InChI=1S/C24H49N5O2/c1-3-4-5-6-7-8-9-10-11-12-13-14-15-16-19-27-23(31)22(29-21(2)30)18-17-20-28-24(25)26/h22H,3-20H2,1-2H3,(H,27,31)(H,29,30)(H4,25,26,28)/t22-/m0/s1. The third kappa shape index (κ3) is 21.2. The highest BCUT2D eigenvalue weighted by Crippen LogP contribution is 2.12. The number of amides is 2. The molecule has 0 heterocycles. The minimum atomic E-state index is -0.529. The Morgan fingerprint density at radius 1 is 0.774 bits per heavy atom. The van der Waals surface area contributed by atoms with E-state index in [1.807, 2.05) is 0 Å². The van der Waals surface area contributed by atoms with E-state index in [1.54, 1.807) is 0 Å². The van der Waals surface area contributed by atoms with Crippen molar-refractivity contribution in [3.05, 3.63) is 0 Å². The lowest BCUT2D eigenvalue weighted by atomic mass is 10.0. The number of nitrogens with two attached hydrogens (primary N) is 2. The second kappa shape index (κ2) is 21.4. The minimum Gasteiger partial charge on any atom is -0.370 e. The molecule has 7 nitrogen and oxygen atoms in total. The molecular weight excluding hydrogens is 390 g/mol. The van der Waals surface area contributed by atoms with E-state index in [4.69, 9.17) is 11.5 Å². The van der Waals surface area contributed by atoms with Crippen molar-refractivity contribution in [2.24, 2.45) is 16.5 Å². The number of rotatable bonds is 21. The van der Waals surface area contributed by atoms with Crippen molar-refractivity contribution in [3.8, 4) is 0 Å². The second-order valence-corrected chi connectivity index (χ2v) is 8.59. The minimum absolute atomic E-state index is 0.0401. The van der Waals surface area contributed by atoms with Gasteiger partial charge in [0.15, 0.2) is 5.96 Å². The summed E-state index contributed by atoms with van der Waals surface area (Å²) in [4.78, 5) is 27.6. The number of guanidine groups is 1. The number of hydrogen-bond donors (Lipinski definition) is 4. The third-order valence-electron chi connectivity index (χ3n) is 5.47. The maximum Gasteiger partial charge on any atom is 0.242 e. The Kier molecular flexibility index (Phi) is 20.2. The molecule has 1 atom stereocenters. The Labute approximate surface area is 190 Å². The Morgan fingerprint density at radius 2 is 1.26 bits per heavy atom. The molecule has 7 heteroatoms. The van der Waals surface area contributed by atoms with Gasteiger partial charge in [0, 0.05) is 20.0 Å². The lowest BCUT2D eigenvalue weighted by Gasteiger charge is -2.17. The maximum absolute atomic E-state index is 12.3. The molecule has 6 N–H and O–H groups in total. The first kappa shape index (κ1) is 29.2. The number of hydrogen-bond acceptors (Lipinski definition) is 3. The molecule has 0 fully saturated rings. The van der Waals surface area contributed by atoms with E-state index in [0.29, 0.717) is 25.9 Å². The van der Waals surface area contributed by atoms with Crippen LogP contribution < -0.4 is 22.1 Å². The molecule has 0 aliphatic carbocycles. The summed E-state index contributed by atoms with van der Waals surface area (Å²) in [6.45, 7) is 4.79. The number of nitrogens with zero attached hydrogens (tertiary/aromatic N) is 1. The van der Waals surface area contributed by atoms with Crippen LogP contribution in [0.5, 0.6) is 0 Å². The SMILES string of the molecule is CCCCCCCCCCCCCCCCNC(=O)[C@H](CCCN=C(N)N)NC(C)=O. The van der Waals surface area contributed by atoms with E-state index in [-0.39, 0.29) is 17.8 Å². The van der Waals surface area contributed by atoms with Gasteiger partial charge in [-0.25, -0.2) is 0 Å². The van der Waals surface area contributed by atoms with Crippen LogP contribution in [0.1, 0.15) is 117 Å². The van der Waals surface area contributed by atoms with Crippen molar-refractivity contribution >= 4 is 17.8 Å². The monoisotopic (exact) mass is 439 g/mol. The summed E-state index contributed by atoms with van der Waals surface area (Å²) in [7, 11) is 0. The Balaban J connectivity index is 3.64. The van der Waals surface area contributed by atoms with Crippen molar-refractivity contribution in [1.82, 2.24) is 10.6 Å². The molecule has 0 rings (SSSR count). The van der Waals surface area contributed by atoms with Gasteiger partial charge < -0.3 is 22.1 Å². The topological polar surface area (TPSA) is 123 Å². The molecule has 2 amide bonds. The zero-order chi connectivity index (χ0) is 23.2. The van der Waals surface area contributed by atoms with Gasteiger partial charge in [-0.15, -0.1) is 0 Å². The normalized spacial score (nSPS) is 11.7. The molecule has 0 aliphatic rings. The number of unbranched alkanes of at least 4 members (excludes halogenated alkanes) is 13. The average molecular weight is 440 g/mol. The van der Waals surface area contributed by atoms with Gasteiger partial charge in [0.2, 0.25) is 11.8 Å². The van der Waals surface area contributed by atoms with Crippen LogP contribution in [0.2, 0.25) is 0 Å². The summed E-state index contributed by atoms with van der Waals surface area (Å²) in [5.41, 5.74) is 10.6. The van der Waals surface area contributed by atoms with E-state index >= 15 is 0 Å². The molecule has 0 unspecified atom stereocenters. The summed E-state index contributed by atoms with van der Waals surface area (Å²) in [6.07, 6.45) is 19.5. The number of carbonyl (C=O) groups is 2. The fourth-order valence-electron chi connectivity index (χ4n) is 3.67. The van der Waals surface area contributed by atoms with Crippen LogP contribution in [0.25, 0.3) is 0 Å². The molecule has 0 radical (unpaired) electrons. The van der Waals surface area contributed by atoms with Crippen molar-refractivity contribution in [2.75, 3.05) is 13.1 Å². The van der Waals surface area contributed by atoms with Gasteiger partial charge in [0.25, 0.3) is 0 Å². The molecule has 0 saturated carbocycles. The van der Waals surface area contributed by atoms with Gasteiger partial charge in [0.05, 0.1) is 0 Å². The van der Waals surface area contributed by atoms with E-state index < -0.39 is 6.04 Å². The highest BCUT2D eigenvalue weighted by atomic mass is 16.2. The number of carbonyl (C=O) groups excluding carboxylic acids is 2. The van der Waals surface area contributed by atoms with E-state index in [9.17, 15) is 9.59 Å². The van der Waals surface area contributed by atoms with Crippen LogP contribution in [0.4, 0.5) is 0 Å². The van der Waals surface area contributed by atoms with Crippen LogP contribution in [0, 0.1) is 0 Å². The van der Waals surface area contributed by atoms with E-state index in [0.717, 1.165) is 12.8 Å². The fourth-order valence-corrected chi connectivity index (χ4v) is 3.67. The first-order valence-electron chi connectivity index (χ1n) is 12.6. The van der Waals surface area contributed by atoms with Gasteiger partial charge in [-0.2, -0.15) is 0 Å². The smallest absolute Gasteiger partial charge is 0.242 e. The lowest BCUT2D eigenvalue weighted by Crippen LogP contribution is -2.46. The van der Waals surface area contributed by atoms with Crippen molar-refractivity contribution < 1.29 is 9.59 Å². The van der Waals surface area contributed by atoms with Gasteiger partial charge in [0.1, 0.15) is 6.04 Å². The van der Waals surface area contributed by atoms with Gasteiger partial charge in [-0.05, 0) is 19.3 Å². The summed E-state index contributed by atoms with van der Waals surface area (Å²) >= 11 is 0. The third-order valence-corrected chi connectivity index (χ3v) is 5.47. The van der Waals surface area contributed by atoms with Gasteiger partial charge in [-0.1, -0.05) is 90.4 Å². The van der Waals surface area contributed by atoms with Crippen molar-refractivity contribution in [3.63, 3.8) is 0 Å². The van der Waals surface area contributed by atoms with Crippen LogP contribution in [-0.2, 0) is 9.59 Å². The Hall–Kier alpha value is -1.79. The van der Waals surface area contributed by atoms with Crippen LogP contribution in [0.3, 0.4) is 0 Å². The molecule has 0 spiro atoms.